The van der Waals surface area contributed by atoms with Crippen molar-refractivity contribution < 1.29 is 9.59 Å². The van der Waals surface area contributed by atoms with Crippen molar-refractivity contribution in [2.24, 2.45) is 0 Å². The minimum atomic E-state index is -0.276. The van der Waals surface area contributed by atoms with Crippen LogP contribution in [-0.4, -0.2) is 39.1 Å². The zero-order valence-electron chi connectivity index (χ0n) is 18.9. The molecular weight excluding hydrogens is 432 g/mol. The Labute approximate surface area is 197 Å². The van der Waals surface area contributed by atoms with Gasteiger partial charge in [-0.2, -0.15) is 5.10 Å². The van der Waals surface area contributed by atoms with Crippen LogP contribution in [0.15, 0.2) is 78.2 Å². The lowest BCUT2D eigenvalue weighted by Gasteiger charge is -2.25. The largest absolute Gasteiger partial charge is 0.326 e. The van der Waals surface area contributed by atoms with Gasteiger partial charge in [0.1, 0.15) is 12.4 Å². The van der Waals surface area contributed by atoms with Crippen molar-refractivity contribution in [2.75, 3.05) is 11.9 Å². The third-order valence-corrected chi connectivity index (χ3v) is 6.11. The highest BCUT2D eigenvalue weighted by Crippen LogP contribution is 2.25. The summed E-state index contributed by atoms with van der Waals surface area (Å²) in [6.07, 6.45) is 0. The Balaban J connectivity index is 1.61. The summed E-state index contributed by atoms with van der Waals surface area (Å²) in [5, 5.41) is 9.58. The summed E-state index contributed by atoms with van der Waals surface area (Å²) >= 11 is 1.37. The van der Waals surface area contributed by atoms with Crippen molar-refractivity contribution in [3.05, 3.63) is 88.6 Å². The molecule has 6 nitrogen and oxygen atoms in total. The van der Waals surface area contributed by atoms with Gasteiger partial charge in [0, 0.05) is 17.7 Å². The quantitative estimate of drug-likeness (QED) is 0.403. The van der Waals surface area contributed by atoms with Crippen LogP contribution in [0.5, 0.6) is 0 Å². The fourth-order valence-corrected chi connectivity index (χ4v) is 4.15. The minimum absolute atomic E-state index is 0.0475. The maximum Gasteiger partial charge on any atom is 0.264 e. The Morgan fingerprint density at radius 1 is 1.03 bits per heavy atom. The molecule has 1 N–H and O–H groups in total. The van der Waals surface area contributed by atoms with Crippen molar-refractivity contribution in [1.29, 1.82) is 0 Å². The van der Waals surface area contributed by atoms with Gasteiger partial charge < -0.3 is 10.2 Å². The number of hydrogen-bond acceptors (Lipinski definition) is 4. The predicted molar refractivity (Wildman–Crippen MR) is 133 cm³/mol. The van der Waals surface area contributed by atoms with Crippen molar-refractivity contribution in [3.8, 4) is 16.9 Å². The van der Waals surface area contributed by atoms with E-state index in [9.17, 15) is 9.59 Å². The molecule has 0 fully saturated rings. The van der Waals surface area contributed by atoms with Crippen LogP contribution >= 0.6 is 11.3 Å². The number of amides is 2. The molecule has 33 heavy (non-hydrogen) atoms. The number of rotatable bonds is 7. The molecule has 2 heterocycles. The van der Waals surface area contributed by atoms with Crippen LogP contribution in [-0.2, 0) is 4.79 Å². The molecule has 0 spiro atoms. The molecule has 0 aliphatic carbocycles. The normalized spacial score (nSPS) is 10.9. The number of nitrogens with zero attached hydrogens (tertiary/aromatic N) is 3. The fourth-order valence-electron chi connectivity index (χ4n) is 3.47. The Morgan fingerprint density at radius 2 is 1.76 bits per heavy atom. The molecular formula is C26H26N4O2S. The Morgan fingerprint density at radius 3 is 2.39 bits per heavy atom. The molecule has 0 aliphatic heterocycles. The third-order valence-electron chi connectivity index (χ3n) is 5.26. The van der Waals surface area contributed by atoms with Gasteiger partial charge in [-0.3, -0.25) is 9.59 Å². The van der Waals surface area contributed by atoms with E-state index in [0.29, 0.717) is 10.7 Å². The van der Waals surface area contributed by atoms with Crippen molar-refractivity contribution in [3.63, 3.8) is 0 Å². The molecule has 0 saturated carbocycles. The van der Waals surface area contributed by atoms with Crippen molar-refractivity contribution in [1.82, 2.24) is 14.7 Å². The van der Waals surface area contributed by atoms with E-state index in [1.54, 1.807) is 15.6 Å². The van der Waals surface area contributed by atoms with E-state index in [2.05, 4.69) is 5.32 Å². The molecule has 7 heteroatoms. The lowest BCUT2D eigenvalue weighted by atomic mass is 10.1. The first-order chi connectivity index (χ1) is 15.9. The van der Waals surface area contributed by atoms with E-state index in [1.165, 1.54) is 11.3 Å². The molecule has 168 valence electrons. The van der Waals surface area contributed by atoms with Crippen LogP contribution in [0.25, 0.3) is 16.9 Å². The standard InChI is InChI=1S/C26H26N4O2S/c1-18(2)29(26(32)23-10-7-15-33-23)17-25(31)27-24-16-22(20-8-5-4-6-9-20)28-30(24)21-13-11-19(3)12-14-21/h4-16,18H,17H2,1-3H3,(H,27,31). The second-order valence-electron chi connectivity index (χ2n) is 8.08. The monoisotopic (exact) mass is 458 g/mol. The number of hydrogen-bond donors (Lipinski definition) is 1. The molecule has 0 atom stereocenters. The van der Waals surface area contributed by atoms with Gasteiger partial charge in [0.2, 0.25) is 5.91 Å². The SMILES string of the molecule is Cc1ccc(-n2nc(-c3ccccc3)cc2NC(=O)CN(C(=O)c2cccs2)C(C)C)cc1. The van der Waals surface area contributed by atoms with Gasteiger partial charge >= 0.3 is 0 Å². The summed E-state index contributed by atoms with van der Waals surface area (Å²) in [4.78, 5) is 28.1. The number of nitrogens with one attached hydrogen (secondary N) is 1. The summed E-state index contributed by atoms with van der Waals surface area (Å²) in [6, 6.07) is 23.1. The second-order valence-corrected chi connectivity index (χ2v) is 9.03. The number of benzene rings is 2. The first kappa shape index (κ1) is 22.5. The minimum Gasteiger partial charge on any atom is -0.326 e. The van der Waals surface area contributed by atoms with Gasteiger partial charge in [0.15, 0.2) is 0 Å². The Hall–Kier alpha value is -3.71. The van der Waals surface area contributed by atoms with Gasteiger partial charge in [-0.1, -0.05) is 54.1 Å². The number of anilines is 1. The Kier molecular flexibility index (Phi) is 6.70. The second kappa shape index (κ2) is 9.83. The maximum atomic E-state index is 13.0. The van der Waals surface area contributed by atoms with Crippen LogP contribution in [0.2, 0.25) is 0 Å². The lowest BCUT2D eigenvalue weighted by molar-refractivity contribution is -0.117. The van der Waals surface area contributed by atoms with Gasteiger partial charge in [0.05, 0.1) is 16.3 Å². The summed E-state index contributed by atoms with van der Waals surface area (Å²) in [7, 11) is 0. The fraction of sp³-hybridized carbons (Fsp3) is 0.192. The molecule has 0 saturated heterocycles. The molecule has 2 aromatic carbocycles. The zero-order valence-corrected chi connectivity index (χ0v) is 19.7. The summed E-state index contributed by atoms with van der Waals surface area (Å²) in [6.45, 7) is 5.79. The van der Waals surface area contributed by atoms with E-state index in [1.807, 2.05) is 92.9 Å². The summed E-state index contributed by atoms with van der Waals surface area (Å²) in [5.41, 5.74) is 3.69. The number of carbonyl (C=O) groups is 2. The van der Waals surface area contributed by atoms with Gasteiger partial charge in [-0.05, 0) is 44.4 Å². The van der Waals surface area contributed by atoms with E-state index < -0.39 is 0 Å². The van der Waals surface area contributed by atoms with Gasteiger partial charge in [0.25, 0.3) is 5.91 Å². The average Bonchev–Trinajstić information content (AvgIpc) is 3.49. The smallest absolute Gasteiger partial charge is 0.264 e. The number of aryl methyl sites for hydroxylation is 1. The first-order valence-electron chi connectivity index (χ1n) is 10.8. The highest BCUT2D eigenvalue weighted by Gasteiger charge is 2.23. The molecule has 0 radical (unpaired) electrons. The van der Waals surface area contributed by atoms with Crippen LogP contribution in [0, 0.1) is 6.92 Å². The van der Waals surface area contributed by atoms with Gasteiger partial charge in [-0.25, -0.2) is 4.68 Å². The average molecular weight is 459 g/mol. The predicted octanol–water partition coefficient (Wildman–Crippen LogP) is 5.40. The summed E-state index contributed by atoms with van der Waals surface area (Å²) in [5.74, 6) is 0.128. The molecule has 4 aromatic rings. The number of thiophene rings is 1. The molecule has 0 bridgehead atoms. The Bertz CT molecular complexity index is 1230. The zero-order chi connectivity index (χ0) is 23.4. The van der Waals surface area contributed by atoms with Crippen LogP contribution in [0.3, 0.4) is 0 Å². The first-order valence-corrected chi connectivity index (χ1v) is 11.7. The highest BCUT2D eigenvalue weighted by molar-refractivity contribution is 7.12. The van der Waals surface area contributed by atoms with E-state index >= 15 is 0 Å². The van der Waals surface area contributed by atoms with Crippen molar-refractivity contribution in [2.45, 2.75) is 26.8 Å². The molecule has 2 amide bonds. The van der Waals surface area contributed by atoms with Crippen LogP contribution in [0.1, 0.15) is 29.1 Å². The number of aromatic nitrogens is 2. The number of carbonyl (C=O) groups excluding carboxylic acids is 2. The van der Waals surface area contributed by atoms with Gasteiger partial charge in [-0.15, -0.1) is 11.3 Å². The highest BCUT2D eigenvalue weighted by atomic mass is 32.1. The van der Waals surface area contributed by atoms with E-state index in [4.69, 9.17) is 5.10 Å². The van der Waals surface area contributed by atoms with Crippen LogP contribution < -0.4 is 5.32 Å². The third kappa shape index (κ3) is 5.21. The van der Waals surface area contributed by atoms with Crippen molar-refractivity contribution >= 4 is 29.0 Å². The molecule has 4 rings (SSSR count). The van der Waals surface area contributed by atoms with Crippen LogP contribution in [0.4, 0.5) is 5.82 Å². The van der Waals surface area contributed by atoms with E-state index in [-0.39, 0.29) is 24.4 Å². The summed E-state index contributed by atoms with van der Waals surface area (Å²) < 4.78 is 1.72. The lowest BCUT2D eigenvalue weighted by Crippen LogP contribution is -2.42. The molecule has 0 aliphatic rings. The molecule has 0 unspecified atom stereocenters. The van der Waals surface area contributed by atoms with E-state index in [0.717, 1.165) is 22.5 Å². The topological polar surface area (TPSA) is 67.2 Å². The molecule has 2 aromatic heterocycles. The maximum absolute atomic E-state index is 13.0.